The molecule has 0 aromatic heterocycles. The molecule has 0 unspecified atom stereocenters. The number of nitrogens with two attached hydrogens (primary N) is 2. The zero-order chi connectivity index (χ0) is 14.7. The first-order valence-corrected chi connectivity index (χ1v) is 6.94. The fourth-order valence-corrected chi connectivity index (χ4v) is 1.20. The van der Waals surface area contributed by atoms with Crippen LogP contribution in [0.25, 0.3) is 0 Å². The van der Waals surface area contributed by atoms with E-state index in [-0.39, 0.29) is 0 Å². The molecule has 0 saturated carbocycles. The molecule has 122 valence electrons. The third-order valence-corrected chi connectivity index (χ3v) is 2.14. The molecule has 8 heteroatoms. The highest BCUT2D eigenvalue weighted by Crippen LogP contribution is 1.83. The van der Waals surface area contributed by atoms with Crippen LogP contribution in [0.1, 0.15) is 0 Å². The molecule has 0 bridgehead atoms. The van der Waals surface area contributed by atoms with Crippen LogP contribution in [-0.4, -0.2) is 79.2 Å². The third kappa shape index (κ3) is 17.7. The van der Waals surface area contributed by atoms with Gasteiger partial charge in [0.1, 0.15) is 0 Å². The number of hydrogen-bond acceptors (Lipinski definition) is 8. The van der Waals surface area contributed by atoms with Gasteiger partial charge in [-0.25, -0.2) is 0 Å². The minimum atomic E-state index is 0.540. The second kappa shape index (κ2) is 18.7. The molecule has 5 N–H and O–H groups in total. The predicted octanol–water partition coefficient (Wildman–Crippen LogP) is -1.51. The maximum atomic E-state index is 5.33. The van der Waals surface area contributed by atoms with Crippen LogP contribution in [0, 0.1) is 0 Å². The Morgan fingerprint density at radius 1 is 0.550 bits per heavy atom. The summed E-state index contributed by atoms with van der Waals surface area (Å²) in [5, 5.41) is 0. The number of rotatable bonds is 17. The third-order valence-electron chi connectivity index (χ3n) is 2.14. The minimum Gasteiger partial charge on any atom is -0.378 e. The molecular formula is C12H29N3O5. The van der Waals surface area contributed by atoms with Crippen LogP contribution in [0.3, 0.4) is 0 Å². The summed E-state index contributed by atoms with van der Waals surface area (Å²) in [6.07, 6.45) is 0. The van der Waals surface area contributed by atoms with Gasteiger partial charge in [0, 0.05) is 13.1 Å². The molecule has 0 fully saturated rings. The fraction of sp³-hybridized carbons (Fsp3) is 1.00. The number of ether oxygens (including phenoxy) is 5. The summed E-state index contributed by atoms with van der Waals surface area (Å²) in [4.78, 5) is 0. The van der Waals surface area contributed by atoms with Crippen LogP contribution in [0.4, 0.5) is 0 Å². The molecule has 0 saturated heterocycles. The lowest BCUT2D eigenvalue weighted by molar-refractivity contribution is -0.0103. The van der Waals surface area contributed by atoms with E-state index in [1.165, 1.54) is 0 Å². The average Bonchev–Trinajstić information content (AvgIpc) is 2.47. The van der Waals surface area contributed by atoms with Crippen molar-refractivity contribution in [3.05, 3.63) is 0 Å². The summed E-state index contributed by atoms with van der Waals surface area (Å²) in [5.41, 5.74) is 7.78. The van der Waals surface area contributed by atoms with Gasteiger partial charge in [0.15, 0.2) is 0 Å². The summed E-state index contributed by atoms with van der Waals surface area (Å²) in [5.74, 6) is 5.09. The molecule has 0 aliphatic rings. The second-order valence-electron chi connectivity index (χ2n) is 3.80. The van der Waals surface area contributed by atoms with E-state index in [0.717, 1.165) is 0 Å². The first-order chi connectivity index (χ1) is 9.91. The SMILES string of the molecule is NCCOCCOCCOCCOCCOCCNN. The summed E-state index contributed by atoms with van der Waals surface area (Å²) in [7, 11) is 0. The first kappa shape index (κ1) is 19.7. The molecule has 0 aromatic carbocycles. The van der Waals surface area contributed by atoms with Gasteiger partial charge < -0.3 is 29.4 Å². The van der Waals surface area contributed by atoms with E-state index in [2.05, 4.69) is 5.43 Å². The van der Waals surface area contributed by atoms with Gasteiger partial charge in [-0.05, 0) is 0 Å². The van der Waals surface area contributed by atoms with Gasteiger partial charge in [-0.2, -0.15) is 0 Å². The molecular weight excluding hydrogens is 266 g/mol. The molecule has 0 atom stereocenters. The van der Waals surface area contributed by atoms with E-state index in [1.54, 1.807) is 0 Å². The van der Waals surface area contributed by atoms with Gasteiger partial charge in [-0.15, -0.1) is 0 Å². The molecule has 0 aliphatic heterocycles. The molecule has 0 spiro atoms. The van der Waals surface area contributed by atoms with Crippen molar-refractivity contribution in [2.75, 3.05) is 79.2 Å². The van der Waals surface area contributed by atoms with Crippen LogP contribution in [0.2, 0.25) is 0 Å². The summed E-state index contributed by atoms with van der Waals surface area (Å²) in [6, 6.07) is 0. The largest absolute Gasteiger partial charge is 0.378 e. The van der Waals surface area contributed by atoms with E-state index in [9.17, 15) is 0 Å². The van der Waals surface area contributed by atoms with Crippen molar-refractivity contribution in [3.63, 3.8) is 0 Å². The van der Waals surface area contributed by atoms with Crippen LogP contribution in [0.5, 0.6) is 0 Å². The summed E-state index contributed by atoms with van der Waals surface area (Å²) >= 11 is 0. The first-order valence-electron chi connectivity index (χ1n) is 6.94. The quantitative estimate of drug-likeness (QED) is 0.169. The molecule has 0 aromatic rings. The average molecular weight is 295 g/mol. The Bertz CT molecular complexity index is 159. The topological polar surface area (TPSA) is 110 Å². The van der Waals surface area contributed by atoms with Crippen molar-refractivity contribution in [2.45, 2.75) is 0 Å². The normalized spacial score (nSPS) is 11.1. The second-order valence-corrected chi connectivity index (χ2v) is 3.80. The van der Waals surface area contributed by atoms with E-state index < -0.39 is 0 Å². The predicted molar refractivity (Wildman–Crippen MR) is 75.3 cm³/mol. The number of hydrazine groups is 1. The van der Waals surface area contributed by atoms with Crippen molar-refractivity contribution in [3.8, 4) is 0 Å². The Morgan fingerprint density at radius 2 is 0.900 bits per heavy atom. The highest BCUT2D eigenvalue weighted by molar-refractivity contribution is 4.37. The van der Waals surface area contributed by atoms with Gasteiger partial charge >= 0.3 is 0 Å². The van der Waals surface area contributed by atoms with Crippen molar-refractivity contribution in [1.82, 2.24) is 5.43 Å². The minimum absolute atomic E-state index is 0.540. The van der Waals surface area contributed by atoms with E-state index in [1.807, 2.05) is 0 Å². The van der Waals surface area contributed by atoms with Crippen molar-refractivity contribution < 1.29 is 23.7 Å². The Labute approximate surface area is 121 Å². The molecule has 0 amide bonds. The van der Waals surface area contributed by atoms with Gasteiger partial charge in [-0.1, -0.05) is 0 Å². The zero-order valence-electron chi connectivity index (χ0n) is 12.2. The smallest absolute Gasteiger partial charge is 0.0701 e. The lowest BCUT2D eigenvalue weighted by atomic mass is 10.6. The lowest BCUT2D eigenvalue weighted by Crippen LogP contribution is -2.26. The molecule has 0 aliphatic carbocycles. The van der Waals surface area contributed by atoms with Crippen molar-refractivity contribution >= 4 is 0 Å². The maximum Gasteiger partial charge on any atom is 0.0701 e. The standard InChI is InChI=1S/C12H29N3O5/c13-1-3-16-5-7-18-9-11-20-12-10-19-8-6-17-4-2-15-14/h15H,1-14H2. The highest BCUT2D eigenvalue weighted by Gasteiger charge is 1.93. The number of hydrogen-bond donors (Lipinski definition) is 3. The lowest BCUT2D eigenvalue weighted by Gasteiger charge is -2.07. The molecule has 8 nitrogen and oxygen atoms in total. The number of nitrogens with one attached hydrogen (secondary N) is 1. The van der Waals surface area contributed by atoms with E-state index in [0.29, 0.717) is 79.2 Å². The van der Waals surface area contributed by atoms with Crippen LogP contribution < -0.4 is 17.0 Å². The molecule has 0 rings (SSSR count). The monoisotopic (exact) mass is 295 g/mol. The van der Waals surface area contributed by atoms with E-state index >= 15 is 0 Å². The Balaban J connectivity index is 2.89. The maximum absolute atomic E-state index is 5.33. The van der Waals surface area contributed by atoms with Crippen LogP contribution >= 0.6 is 0 Å². The van der Waals surface area contributed by atoms with Crippen molar-refractivity contribution in [2.24, 2.45) is 11.6 Å². The molecule has 20 heavy (non-hydrogen) atoms. The summed E-state index contributed by atoms with van der Waals surface area (Å²) in [6.45, 7) is 6.81. The highest BCUT2D eigenvalue weighted by atomic mass is 16.6. The van der Waals surface area contributed by atoms with Crippen LogP contribution in [-0.2, 0) is 23.7 Å². The van der Waals surface area contributed by atoms with Crippen molar-refractivity contribution in [1.29, 1.82) is 0 Å². The molecule has 0 radical (unpaired) electrons. The van der Waals surface area contributed by atoms with Gasteiger partial charge in [0.2, 0.25) is 0 Å². The van der Waals surface area contributed by atoms with E-state index in [4.69, 9.17) is 35.3 Å². The fourth-order valence-electron chi connectivity index (χ4n) is 1.20. The zero-order valence-corrected chi connectivity index (χ0v) is 12.2. The Morgan fingerprint density at radius 3 is 1.25 bits per heavy atom. The van der Waals surface area contributed by atoms with Gasteiger partial charge in [-0.3, -0.25) is 11.3 Å². The Hall–Kier alpha value is -0.320. The Kier molecular flexibility index (Phi) is 18.4. The van der Waals surface area contributed by atoms with Gasteiger partial charge in [0.05, 0.1) is 66.1 Å². The van der Waals surface area contributed by atoms with Crippen LogP contribution in [0.15, 0.2) is 0 Å². The molecule has 0 heterocycles. The van der Waals surface area contributed by atoms with Gasteiger partial charge in [0.25, 0.3) is 0 Å². The summed E-state index contributed by atoms with van der Waals surface area (Å²) < 4.78 is 26.3.